The minimum Gasteiger partial charge on any atom is -0.460 e. The van der Waals surface area contributed by atoms with E-state index in [0.717, 1.165) is 51.8 Å². The zero-order valence-corrected chi connectivity index (χ0v) is 20.6. The molecule has 2 aromatic rings. The molecule has 1 heterocycles. The molecule has 1 aromatic carbocycles. The molecule has 4 nitrogen and oxygen atoms in total. The van der Waals surface area contributed by atoms with Crippen LogP contribution in [0.5, 0.6) is 0 Å². The molecule has 3 aliphatic rings. The molecule has 0 radical (unpaired) electrons. The second-order valence-corrected chi connectivity index (χ2v) is 15.9. The Hall–Kier alpha value is -1.95. The van der Waals surface area contributed by atoms with E-state index in [4.69, 9.17) is 8.84 Å². The highest BCUT2D eigenvalue weighted by atomic mass is 28.4. The number of hydrogen-bond donors (Lipinski definition) is 1. The van der Waals surface area contributed by atoms with Crippen LogP contribution in [0.2, 0.25) is 18.1 Å². The predicted molar refractivity (Wildman–Crippen MR) is 124 cm³/mol. The summed E-state index contributed by atoms with van der Waals surface area (Å²) in [5, 5.41) is 11.2. The lowest BCUT2D eigenvalue weighted by molar-refractivity contribution is 0.0979. The van der Waals surface area contributed by atoms with Gasteiger partial charge in [0, 0.05) is 16.7 Å². The van der Waals surface area contributed by atoms with E-state index in [0.29, 0.717) is 5.76 Å². The van der Waals surface area contributed by atoms with Crippen LogP contribution >= 0.6 is 0 Å². The number of rotatable bonds is 2. The summed E-state index contributed by atoms with van der Waals surface area (Å²) in [5.74, 6) is 0.333. The van der Waals surface area contributed by atoms with Crippen LogP contribution in [0, 0.1) is 6.92 Å². The molecule has 0 spiro atoms. The first-order chi connectivity index (χ1) is 14.4. The molecule has 164 valence electrons. The van der Waals surface area contributed by atoms with Gasteiger partial charge in [0.1, 0.15) is 0 Å². The number of aliphatic hydroxyl groups excluding tert-OH is 1. The fourth-order valence-corrected chi connectivity index (χ4v) is 6.88. The maximum absolute atomic E-state index is 13.7. The molecule has 0 saturated carbocycles. The van der Waals surface area contributed by atoms with Gasteiger partial charge in [-0.1, -0.05) is 39.0 Å². The molecule has 0 bridgehead atoms. The maximum Gasteiger partial charge on any atom is 0.229 e. The van der Waals surface area contributed by atoms with Crippen molar-refractivity contribution in [2.75, 3.05) is 0 Å². The number of carbonyl (C=O) groups is 1. The van der Waals surface area contributed by atoms with Crippen molar-refractivity contribution in [2.45, 2.75) is 83.2 Å². The molecule has 0 saturated heterocycles. The van der Waals surface area contributed by atoms with Crippen molar-refractivity contribution in [3.8, 4) is 0 Å². The lowest BCUT2D eigenvalue weighted by atomic mass is 9.61. The zero-order valence-electron chi connectivity index (χ0n) is 19.6. The number of benzene rings is 1. The van der Waals surface area contributed by atoms with Crippen LogP contribution in [-0.4, -0.2) is 25.3 Å². The Labute approximate surface area is 185 Å². The number of furan rings is 1. The molecule has 3 aliphatic carbocycles. The third kappa shape index (κ3) is 2.63. The van der Waals surface area contributed by atoms with Crippen LogP contribution in [0.3, 0.4) is 0 Å². The van der Waals surface area contributed by atoms with Crippen LogP contribution in [0.25, 0.3) is 6.08 Å². The molecule has 5 rings (SSSR count). The second-order valence-electron chi connectivity index (χ2n) is 11.1. The minimum absolute atomic E-state index is 0.0187. The second kappa shape index (κ2) is 6.30. The Morgan fingerprint density at radius 3 is 2.65 bits per heavy atom. The van der Waals surface area contributed by atoms with Crippen molar-refractivity contribution < 1.29 is 18.7 Å². The van der Waals surface area contributed by atoms with Gasteiger partial charge in [-0.3, -0.25) is 4.79 Å². The molecule has 5 heteroatoms. The lowest BCUT2D eigenvalue weighted by Crippen LogP contribution is -2.44. The average molecular weight is 437 g/mol. The normalized spacial score (nSPS) is 26.6. The van der Waals surface area contributed by atoms with Gasteiger partial charge in [0.05, 0.1) is 23.9 Å². The van der Waals surface area contributed by atoms with Crippen molar-refractivity contribution in [3.05, 3.63) is 63.1 Å². The van der Waals surface area contributed by atoms with E-state index in [1.165, 1.54) is 0 Å². The first-order valence-electron chi connectivity index (χ1n) is 11.3. The number of fused-ring (bicyclic) bond motifs is 4. The van der Waals surface area contributed by atoms with Gasteiger partial charge in [-0.2, -0.15) is 0 Å². The number of ketones is 1. The molecule has 0 aliphatic heterocycles. The summed E-state index contributed by atoms with van der Waals surface area (Å²) >= 11 is 0. The van der Waals surface area contributed by atoms with Crippen molar-refractivity contribution in [3.63, 3.8) is 0 Å². The average Bonchev–Trinajstić information content (AvgIpc) is 3.27. The summed E-state index contributed by atoms with van der Waals surface area (Å²) in [6.45, 7) is 15.4. The van der Waals surface area contributed by atoms with Crippen molar-refractivity contribution in [2.24, 2.45) is 0 Å². The largest absolute Gasteiger partial charge is 0.460 e. The van der Waals surface area contributed by atoms with E-state index in [9.17, 15) is 9.90 Å². The third-order valence-corrected chi connectivity index (χ3v) is 12.7. The molecule has 3 atom stereocenters. The summed E-state index contributed by atoms with van der Waals surface area (Å²) in [6, 6.07) is 2.22. The summed E-state index contributed by atoms with van der Waals surface area (Å²) in [6.07, 6.45) is 6.34. The maximum atomic E-state index is 13.7. The third-order valence-electron chi connectivity index (χ3n) is 8.25. The Morgan fingerprint density at radius 1 is 1.26 bits per heavy atom. The predicted octanol–water partition coefficient (Wildman–Crippen LogP) is 5.84. The van der Waals surface area contributed by atoms with Gasteiger partial charge >= 0.3 is 0 Å². The molecule has 1 aromatic heterocycles. The molecular formula is C26H32O4Si. The van der Waals surface area contributed by atoms with Gasteiger partial charge in [-0.25, -0.2) is 0 Å². The van der Waals surface area contributed by atoms with Crippen molar-refractivity contribution >= 4 is 20.2 Å². The quantitative estimate of drug-likeness (QED) is 0.601. The van der Waals surface area contributed by atoms with E-state index in [1.807, 2.05) is 19.1 Å². The molecule has 0 amide bonds. The molecule has 31 heavy (non-hydrogen) atoms. The minimum atomic E-state index is -1.95. The fourth-order valence-electron chi connectivity index (χ4n) is 5.57. The highest BCUT2D eigenvalue weighted by molar-refractivity contribution is 6.74. The Bertz CT molecular complexity index is 1150. The Balaban J connectivity index is 1.70. The van der Waals surface area contributed by atoms with Crippen LogP contribution < -0.4 is 0 Å². The van der Waals surface area contributed by atoms with E-state index in [2.05, 4.69) is 46.9 Å². The van der Waals surface area contributed by atoms with Crippen molar-refractivity contribution in [1.29, 1.82) is 0 Å². The summed E-state index contributed by atoms with van der Waals surface area (Å²) in [7, 11) is -1.95. The SMILES string of the molecule is Cc1cc2c(c3c1C1(C)c4c(coc4C3=O)C=C[C@@H]1O)CCC2O[Si](C)(C)C(C)(C)C. The first kappa shape index (κ1) is 20.9. The Kier molecular flexibility index (Phi) is 4.26. The summed E-state index contributed by atoms with van der Waals surface area (Å²) in [5.41, 5.74) is 6.00. The van der Waals surface area contributed by atoms with Crippen LogP contribution in [-0.2, 0) is 16.3 Å². The molecular weight excluding hydrogens is 404 g/mol. The van der Waals surface area contributed by atoms with Gasteiger partial charge in [-0.05, 0) is 67.1 Å². The van der Waals surface area contributed by atoms with Crippen LogP contribution in [0.15, 0.2) is 22.8 Å². The number of aliphatic hydroxyl groups is 1. The highest BCUT2D eigenvalue weighted by Crippen LogP contribution is 2.53. The van der Waals surface area contributed by atoms with Crippen LogP contribution in [0.1, 0.15) is 89.7 Å². The number of hydrogen-bond acceptors (Lipinski definition) is 4. The van der Waals surface area contributed by atoms with Crippen LogP contribution in [0.4, 0.5) is 0 Å². The first-order valence-corrected chi connectivity index (χ1v) is 14.2. The van der Waals surface area contributed by atoms with Gasteiger partial charge in [0.15, 0.2) is 14.1 Å². The summed E-state index contributed by atoms with van der Waals surface area (Å²) < 4.78 is 12.6. The lowest BCUT2D eigenvalue weighted by Gasteiger charge is -2.42. The fraction of sp³-hybridized carbons (Fsp3) is 0.500. The van der Waals surface area contributed by atoms with Gasteiger partial charge in [0.2, 0.25) is 5.78 Å². The monoisotopic (exact) mass is 436 g/mol. The van der Waals surface area contributed by atoms with E-state index >= 15 is 0 Å². The molecule has 2 unspecified atom stereocenters. The van der Waals surface area contributed by atoms with Gasteiger partial charge < -0.3 is 13.9 Å². The smallest absolute Gasteiger partial charge is 0.229 e. The summed E-state index contributed by atoms with van der Waals surface area (Å²) in [4.78, 5) is 13.7. The standard InChI is InChI=1S/C26H32O4Si/c1-14-12-17-16(9-10-18(17)30-31(6,7)25(2,3)4)20-21(14)26(5)19(27)11-8-15-13-29-24(22(15)26)23(20)28/h8,11-13,18-19,27H,9-10H2,1-7H3/t18?,19-,26?/m0/s1. The molecule has 1 N–H and O–H groups in total. The van der Waals surface area contributed by atoms with Crippen molar-refractivity contribution in [1.82, 2.24) is 0 Å². The van der Waals surface area contributed by atoms with E-state index in [-0.39, 0.29) is 16.9 Å². The molecule has 0 fully saturated rings. The zero-order chi connectivity index (χ0) is 22.5. The number of carbonyl (C=O) groups excluding carboxylic acids is 1. The van der Waals surface area contributed by atoms with Gasteiger partial charge in [0.25, 0.3) is 0 Å². The Morgan fingerprint density at radius 2 is 1.97 bits per heavy atom. The number of aryl methyl sites for hydroxylation is 1. The van der Waals surface area contributed by atoms with E-state index in [1.54, 1.807) is 6.26 Å². The van der Waals surface area contributed by atoms with Gasteiger partial charge in [-0.15, -0.1) is 0 Å². The highest BCUT2D eigenvalue weighted by Gasteiger charge is 2.52. The van der Waals surface area contributed by atoms with E-state index < -0.39 is 19.8 Å². The topological polar surface area (TPSA) is 59.7 Å².